The summed E-state index contributed by atoms with van der Waals surface area (Å²) in [4.78, 5) is 22.0. The maximum atomic E-state index is 12.9. The number of hydrogen-bond acceptors (Lipinski definition) is 3. The van der Waals surface area contributed by atoms with Gasteiger partial charge in [0.2, 0.25) is 11.6 Å². The standard InChI is InChI=1S/C10H5F7O3.Fe/c11-8(12,9(13,14)10(15,16)17)7(19)4-5(18)6-2-1-3-20-6;/h1-3H,4H2;. The van der Waals surface area contributed by atoms with Gasteiger partial charge in [-0.3, -0.25) is 9.59 Å². The first kappa shape index (κ1) is 19.6. The number of carbonyl (C=O) groups excluding carboxylic acids is 2. The predicted octanol–water partition coefficient (Wildman–Crippen LogP) is 3.25. The molecule has 0 N–H and O–H groups in total. The van der Waals surface area contributed by atoms with Crippen LogP contribution in [0.2, 0.25) is 0 Å². The third-order valence-electron chi connectivity index (χ3n) is 2.22. The van der Waals surface area contributed by atoms with Crippen LogP contribution < -0.4 is 0 Å². The molecule has 0 spiro atoms. The van der Waals surface area contributed by atoms with Crippen molar-refractivity contribution in [1.82, 2.24) is 0 Å². The maximum Gasteiger partial charge on any atom is 0.460 e. The third kappa shape index (κ3) is 3.65. The summed E-state index contributed by atoms with van der Waals surface area (Å²) >= 11 is 0. The van der Waals surface area contributed by atoms with Crippen LogP contribution in [0.15, 0.2) is 22.8 Å². The quantitative estimate of drug-likeness (QED) is 0.350. The number of furan rings is 1. The van der Waals surface area contributed by atoms with Crippen LogP contribution in [-0.4, -0.2) is 29.6 Å². The Hall–Kier alpha value is -1.35. The summed E-state index contributed by atoms with van der Waals surface area (Å²) < 4.78 is 90.7. The Balaban J connectivity index is 0.00000400. The Morgan fingerprint density at radius 1 is 1.05 bits per heavy atom. The van der Waals surface area contributed by atoms with Crippen LogP contribution in [0.3, 0.4) is 0 Å². The van der Waals surface area contributed by atoms with Crippen molar-refractivity contribution < 1.29 is 61.8 Å². The van der Waals surface area contributed by atoms with E-state index >= 15 is 0 Å². The van der Waals surface area contributed by atoms with Crippen LogP contribution in [0.4, 0.5) is 30.7 Å². The zero-order chi connectivity index (χ0) is 15.8. The van der Waals surface area contributed by atoms with Crippen molar-refractivity contribution in [2.75, 3.05) is 0 Å². The molecule has 0 amide bonds. The number of rotatable bonds is 5. The second kappa shape index (κ2) is 6.18. The fourth-order valence-electron chi connectivity index (χ4n) is 1.13. The van der Waals surface area contributed by atoms with E-state index in [-0.39, 0.29) is 17.1 Å². The van der Waals surface area contributed by atoms with Gasteiger partial charge in [0, 0.05) is 17.1 Å². The predicted molar refractivity (Wildman–Crippen MR) is 48.6 cm³/mol. The molecule has 0 radical (unpaired) electrons. The molecule has 0 fully saturated rings. The van der Waals surface area contributed by atoms with Crippen molar-refractivity contribution in [1.29, 1.82) is 0 Å². The molecule has 1 rings (SSSR count). The number of Topliss-reactive ketones (excluding diaryl/α,β-unsaturated/α-hetero) is 2. The Morgan fingerprint density at radius 2 is 1.57 bits per heavy atom. The summed E-state index contributed by atoms with van der Waals surface area (Å²) in [6.07, 6.45) is -7.54. The molecule has 1 heterocycles. The normalized spacial score (nSPS) is 12.7. The minimum atomic E-state index is -6.63. The molecule has 0 saturated heterocycles. The number of hydrogen-bond donors (Lipinski definition) is 0. The van der Waals surface area contributed by atoms with E-state index in [1.54, 1.807) is 0 Å². The molecule has 3 nitrogen and oxygen atoms in total. The van der Waals surface area contributed by atoms with Crippen LogP contribution in [0, 0.1) is 0 Å². The van der Waals surface area contributed by atoms with Gasteiger partial charge in [0.1, 0.15) is 0 Å². The third-order valence-corrected chi connectivity index (χ3v) is 2.22. The molecule has 0 aromatic carbocycles. The first-order valence-corrected chi connectivity index (χ1v) is 4.83. The van der Waals surface area contributed by atoms with Crippen molar-refractivity contribution in [3.8, 4) is 0 Å². The molecule has 0 atom stereocenters. The second-order valence-corrected chi connectivity index (χ2v) is 3.65. The van der Waals surface area contributed by atoms with Gasteiger partial charge in [-0.05, 0) is 12.1 Å². The number of carbonyl (C=O) groups is 2. The molecule has 1 aromatic heterocycles. The molecule has 0 aliphatic heterocycles. The average molecular weight is 362 g/mol. The summed E-state index contributed by atoms with van der Waals surface area (Å²) in [7, 11) is 0. The smallest absolute Gasteiger partial charge is 0.460 e. The van der Waals surface area contributed by atoms with Crippen LogP contribution in [-0.2, 0) is 21.9 Å². The van der Waals surface area contributed by atoms with Gasteiger partial charge in [-0.1, -0.05) is 0 Å². The monoisotopic (exact) mass is 362 g/mol. The van der Waals surface area contributed by atoms with E-state index in [9.17, 15) is 40.3 Å². The van der Waals surface area contributed by atoms with E-state index in [0.29, 0.717) is 0 Å². The second-order valence-electron chi connectivity index (χ2n) is 3.65. The van der Waals surface area contributed by atoms with Crippen molar-refractivity contribution in [3.63, 3.8) is 0 Å². The van der Waals surface area contributed by atoms with Crippen molar-refractivity contribution in [2.24, 2.45) is 0 Å². The molecule has 1 aromatic rings. The van der Waals surface area contributed by atoms with Gasteiger partial charge >= 0.3 is 18.0 Å². The van der Waals surface area contributed by atoms with Crippen molar-refractivity contribution in [3.05, 3.63) is 24.2 Å². The Morgan fingerprint density at radius 3 is 1.95 bits per heavy atom. The van der Waals surface area contributed by atoms with Crippen LogP contribution >= 0.6 is 0 Å². The number of halogens is 7. The SMILES string of the molecule is O=C(CC(=O)C(F)(F)C(F)(F)C(F)(F)F)c1ccco1.[Fe]. The summed E-state index contributed by atoms with van der Waals surface area (Å²) in [5, 5.41) is 0. The number of alkyl halides is 7. The molecule has 21 heavy (non-hydrogen) atoms. The van der Waals surface area contributed by atoms with Gasteiger partial charge in [0.15, 0.2) is 5.76 Å². The van der Waals surface area contributed by atoms with Crippen LogP contribution in [0.25, 0.3) is 0 Å². The Kier molecular flexibility index (Phi) is 5.79. The molecule has 0 aliphatic rings. The molecule has 0 saturated carbocycles. The largest absolute Gasteiger partial charge is 0.461 e. The molecule has 120 valence electrons. The van der Waals surface area contributed by atoms with Gasteiger partial charge in [0.25, 0.3) is 0 Å². The molecule has 0 unspecified atom stereocenters. The average Bonchev–Trinajstić information content (AvgIpc) is 2.80. The van der Waals surface area contributed by atoms with E-state index in [4.69, 9.17) is 0 Å². The molecule has 11 heteroatoms. The molecular weight excluding hydrogens is 357 g/mol. The summed E-state index contributed by atoms with van der Waals surface area (Å²) in [5.74, 6) is -17.5. The van der Waals surface area contributed by atoms with E-state index in [1.165, 1.54) is 0 Å². The topological polar surface area (TPSA) is 47.3 Å². The van der Waals surface area contributed by atoms with Gasteiger partial charge in [-0.2, -0.15) is 30.7 Å². The minimum absolute atomic E-state index is 0. The zero-order valence-electron chi connectivity index (χ0n) is 9.66. The fraction of sp³-hybridized carbons (Fsp3) is 0.400. The minimum Gasteiger partial charge on any atom is -0.461 e. The summed E-state index contributed by atoms with van der Waals surface area (Å²) in [6, 6.07) is 2.08. The van der Waals surface area contributed by atoms with Gasteiger partial charge in [-0.25, -0.2) is 0 Å². The fourth-order valence-corrected chi connectivity index (χ4v) is 1.13. The van der Waals surface area contributed by atoms with Crippen LogP contribution in [0.1, 0.15) is 17.0 Å². The van der Waals surface area contributed by atoms with E-state index in [1.807, 2.05) is 0 Å². The molecular formula is C10H5F7FeO3. The van der Waals surface area contributed by atoms with Crippen LogP contribution in [0.5, 0.6) is 0 Å². The Labute approximate surface area is 122 Å². The van der Waals surface area contributed by atoms with Gasteiger partial charge in [0.05, 0.1) is 12.7 Å². The zero-order valence-corrected chi connectivity index (χ0v) is 10.8. The Bertz CT molecular complexity index is 507. The van der Waals surface area contributed by atoms with E-state index < -0.39 is 41.8 Å². The first-order valence-electron chi connectivity index (χ1n) is 4.83. The van der Waals surface area contributed by atoms with Crippen molar-refractivity contribution in [2.45, 2.75) is 24.4 Å². The van der Waals surface area contributed by atoms with Gasteiger partial charge < -0.3 is 4.42 Å². The van der Waals surface area contributed by atoms with Gasteiger partial charge in [-0.15, -0.1) is 0 Å². The summed E-state index contributed by atoms with van der Waals surface area (Å²) in [5.41, 5.74) is 0. The van der Waals surface area contributed by atoms with Crippen molar-refractivity contribution >= 4 is 11.6 Å². The number of ketones is 2. The summed E-state index contributed by atoms with van der Waals surface area (Å²) in [6.45, 7) is 0. The maximum absolute atomic E-state index is 12.9. The van der Waals surface area contributed by atoms with E-state index in [0.717, 1.165) is 18.4 Å². The molecule has 0 aliphatic carbocycles. The van der Waals surface area contributed by atoms with E-state index in [2.05, 4.69) is 4.42 Å². The first-order chi connectivity index (χ1) is 8.91. The molecule has 0 bridgehead atoms.